The summed E-state index contributed by atoms with van der Waals surface area (Å²) in [6, 6.07) is 15.3. The first kappa shape index (κ1) is 20.2. The summed E-state index contributed by atoms with van der Waals surface area (Å²) in [5, 5.41) is 3.45. The summed E-state index contributed by atoms with van der Waals surface area (Å²) >= 11 is 6.02. The zero-order valence-electron chi connectivity index (χ0n) is 16.2. The van der Waals surface area contributed by atoms with Gasteiger partial charge < -0.3 is 10.2 Å². The Morgan fingerprint density at radius 3 is 2.43 bits per heavy atom. The van der Waals surface area contributed by atoms with Crippen molar-refractivity contribution in [3.8, 4) is 0 Å². The summed E-state index contributed by atoms with van der Waals surface area (Å²) in [5.41, 5.74) is 2.51. The third-order valence-corrected chi connectivity index (χ3v) is 5.81. The van der Waals surface area contributed by atoms with Gasteiger partial charge in [0.2, 0.25) is 5.91 Å². The van der Waals surface area contributed by atoms with Crippen LogP contribution < -0.4 is 5.32 Å². The molecule has 1 atom stereocenters. The normalized spacial score (nSPS) is 18.0. The van der Waals surface area contributed by atoms with E-state index in [-0.39, 0.29) is 23.3 Å². The first-order valence-corrected chi connectivity index (χ1v) is 9.77. The zero-order chi connectivity index (χ0) is 20.3. The molecule has 1 unspecified atom stereocenters. The number of amides is 2. The molecular formula is C23H25ClN2O2. The Morgan fingerprint density at radius 1 is 1.18 bits per heavy atom. The molecule has 1 N–H and O–H groups in total. The van der Waals surface area contributed by atoms with E-state index < -0.39 is 0 Å². The van der Waals surface area contributed by atoms with Crippen LogP contribution in [0, 0.1) is 0 Å². The van der Waals surface area contributed by atoms with E-state index in [9.17, 15) is 9.59 Å². The lowest BCUT2D eigenvalue weighted by atomic mass is 9.82. The van der Waals surface area contributed by atoms with Gasteiger partial charge in [-0.2, -0.15) is 0 Å². The van der Waals surface area contributed by atoms with Crippen LogP contribution in [0.1, 0.15) is 47.7 Å². The van der Waals surface area contributed by atoms with Crippen LogP contribution in [0.2, 0.25) is 5.02 Å². The number of hydrogen-bond donors (Lipinski definition) is 1. The van der Waals surface area contributed by atoms with E-state index in [0.29, 0.717) is 12.1 Å². The Kier molecular flexibility index (Phi) is 5.90. The Balaban J connectivity index is 1.72. The molecule has 0 aliphatic carbocycles. The number of carbonyl (C=O) groups excluding carboxylic acids is 2. The van der Waals surface area contributed by atoms with Crippen molar-refractivity contribution in [2.45, 2.75) is 38.3 Å². The highest BCUT2D eigenvalue weighted by Gasteiger charge is 2.44. The van der Waals surface area contributed by atoms with E-state index in [1.165, 1.54) is 11.6 Å². The fourth-order valence-corrected chi connectivity index (χ4v) is 4.03. The molecule has 2 aromatic rings. The standard InChI is InChI=1S/C23H25ClN2O2/c1-4-21(27)25-15-16-5-7-18(8-6-16)22(28)26-14-13-20(23(26,2)3)17-9-11-19(24)12-10-17/h4-12,20H,1,13-15H2,2-3H3,(H,25,27). The van der Waals surface area contributed by atoms with Crippen molar-refractivity contribution in [3.05, 3.63) is 82.9 Å². The number of carbonyl (C=O) groups is 2. The van der Waals surface area contributed by atoms with Crippen molar-refractivity contribution < 1.29 is 9.59 Å². The molecule has 1 aliphatic heterocycles. The summed E-state index contributed by atoms with van der Waals surface area (Å²) in [5.74, 6) is 0.0810. The van der Waals surface area contributed by atoms with Crippen LogP contribution in [-0.4, -0.2) is 28.8 Å². The lowest BCUT2D eigenvalue weighted by Gasteiger charge is -2.36. The first-order chi connectivity index (χ1) is 13.3. The molecule has 0 bridgehead atoms. The average molecular weight is 397 g/mol. The molecule has 0 spiro atoms. The van der Waals surface area contributed by atoms with Crippen molar-refractivity contribution in [2.75, 3.05) is 6.54 Å². The van der Waals surface area contributed by atoms with Crippen LogP contribution in [0.3, 0.4) is 0 Å². The number of nitrogens with one attached hydrogen (secondary N) is 1. The highest BCUT2D eigenvalue weighted by molar-refractivity contribution is 6.30. The lowest BCUT2D eigenvalue weighted by Crippen LogP contribution is -2.45. The number of halogens is 1. The maximum Gasteiger partial charge on any atom is 0.254 e. The van der Waals surface area contributed by atoms with Gasteiger partial charge in [0.15, 0.2) is 0 Å². The van der Waals surface area contributed by atoms with Gasteiger partial charge in [-0.3, -0.25) is 9.59 Å². The maximum absolute atomic E-state index is 13.1. The van der Waals surface area contributed by atoms with Gasteiger partial charge in [-0.25, -0.2) is 0 Å². The minimum atomic E-state index is -0.290. The van der Waals surface area contributed by atoms with E-state index in [0.717, 1.165) is 23.6 Å². The SMILES string of the molecule is C=CC(=O)NCc1ccc(C(=O)N2CCC(c3ccc(Cl)cc3)C2(C)C)cc1. The predicted octanol–water partition coefficient (Wildman–Crippen LogP) is 4.55. The molecule has 1 saturated heterocycles. The topological polar surface area (TPSA) is 49.4 Å². The molecule has 0 aromatic heterocycles. The molecule has 146 valence electrons. The number of likely N-dealkylation sites (tertiary alicyclic amines) is 1. The van der Waals surface area contributed by atoms with Gasteiger partial charge in [-0.15, -0.1) is 0 Å². The van der Waals surface area contributed by atoms with Crippen LogP contribution in [0.5, 0.6) is 0 Å². The van der Waals surface area contributed by atoms with Crippen molar-refractivity contribution >= 4 is 23.4 Å². The van der Waals surface area contributed by atoms with Crippen LogP contribution >= 0.6 is 11.6 Å². The molecule has 0 saturated carbocycles. The highest BCUT2D eigenvalue weighted by atomic mass is 35.5. The van der Waals surface area contributed by atoms with Crippen LogP contribution in [0.15, 0.2) is 61.2 Å². The van der Waals surface area contributed by atoms with Gasteiger partial charge >= 0.3 is 0 Å². The van der Waals surface area contributed by atoms with E-state index in [4.69, 9.17) is 11.6 Å². The van der Waals surface area contributed by atoms with Gasteiger partial charge in [0.1, 0.15) is 0 Å². The van der Waals surface area contributed by atoms with Crippen molar-refractivity contribution in [1.29, 1.82) is 0 Å². The highest BCUT2D eigenvalue weighted by Crippen LogP contribution is 2.42. The number of nitrogens with zero attached hydrogens (tertiary/aromatic N) is 1. The minimum Gasteiger partial charge on any atom is -0.348 e. The molecule has 2 aromatic carbocycles. The van der Waals surface area contributed by atoms with Gasteiger partial charge in [-0.05, 0) is 61.7 Å². The monoisotopic (exact) mass is 396 g/mol. The quantitative estimate of drug-likeness (QED) is 0.753. The average Bonchev–Trinajstić information content (AvgIpc) is 3.01. The summed E-state index contributed by atoms with van der Waals surface area (Å²) in [6.07, 6.45) is 2.16. The second-order valence-corrected chi connectivity index (χ2v) is 8.06. The Hall–Kier alpha value is -2.59. The molecule has 1 heterocycles. The molecule has 1 fully saturated rings. The fourth-order valence-electron chi connectivity index (χ4n) is 3.90. The Bertz CT molecular complexity index is 872. The molecule has 5 heteroatoms. The molecule has 28 heavy (non-hydrogen) atoms. The van der Waals surface area contributed by atoms with Gasteiger partial charge in [0.25, 0.3) is 5.91 Å². The second-order valence-electron chi connectivity index (χ2n) is 7.62. The van der Waals surface area contributed by atoms with Crippen molar-refractivity contribution in [2.24, 2.45) is 0 Å². The van der Waals surface area contributed by atoms with Gasteiger partial charge in [0, 0.05) is 35.1 Å². The molecule has 2 amide bonds. The maximum atomic E-state index is 13.1. The number of rotatable bonds is 5. The van der Waals surface area contributed by atoms with Crippen LogP contribution in [-0.2, 0) is 11.3 Å². The van der Waals surface area contributed by atoms with E-state index in [2.05, 4.69) is 37.9 Å². The first-order valence-electron chi connectivity index (χ1n) is 9.39. The summed E-state index contributed by atoms with van der Waals surface area (Å²) in [6.45, 7) is 8.80. The fraction of sp³-hybridized carbons (Fsp3) is 0.304. The Labute approximate surface area is 171 Å². The predicted molar refractivity (Wildman–Crippen MR) is 112 cm³/mol. The molecule has 1 aliphatic rings. The minimum absolute atomic E-state index is 0.0307. The van der Waals surface area contributed by atoms with E-state index in [1.807, 2.05) is 41.3 Å². The summed E-state index contributed by atoms with van der Waals surface area (Å²) < 4.78 is 0. The van der Waals surface area contributed by atoms with Crippen LogP contribution in [0.25, 0.3) is 0 Å². The molecule has 4 nitrogen and oxygen atoms in total. The molecule has 0 radical (unpaired) electrons. The number of hydrogen-bond acceptors (Lipinski definition) is 2. The smallest absolute Gasteiger partial charge is 0.254 e. The van der Waals surface area contributed by atoms with Crippen LogP contribution in [0.4, 0.5) is 0 Å². The Morgan fingerprint density at radius 2 is 1.82 bits per heavy atom. The third-order valence-electron chi connectivity index (χ3n) is 5.56. The van der Waals surface area contributed by atoms with E-state index >= 15 is 0 Å². The summed E-state index contributed by atoms with van der Waals surface area (Å²) in [7, 11) is 0. The largest absolute Gasteiger partial charge is 0.348 e. The second kappa shape index (κ2) is 8.19. The molecule has 3 rings (SSSR count). The lowest BCUT2D eigenvalue weighted by molar-refractivity contribution is -0.116. The number of benzene rings is 2. The summed E-state index contributed by atoms with van der Waals surface area (Å²) in [4.78, 5) is 26.4. The zero-order valence-corrected chi connectivity index (χ0v) is 17.0. The van der Waals surface area contributed by atoms with Crippen molar-refractivity contribution in [3.63, 3.8) is 0 Å². The third kappa shape index (κ3) is 4.12. The molecular weight excluding hydrogens is 372 g/mol. The van der Waals surface area contributed by atoms with Crippen molar-refractivity contribution in [1.82, 2.24) is 10.2 Å². The van der Waals surface area contributed by atoms with Gasteiger partial charge in [0.05, 0.1) is 0 Å². The van der Waals surface area contributed by atoms with E-state index in [1.54, 1.807) is 0 Å². The van der Waals surface area contributed by atoms with Gasteiger partial charge in [-0.1, -0.05) is 42.4 Å².